The lowest BCUT2D eigenvalue weighted by Gasteiger charge is -2.12. The third-order valence-electron chi connectivity index (χ3n) is 3.12. The molecule has 2 N–H and O–H groups in total. The van der Waals surface area contributed by atoms with Gasteiger partial charge in [-0.2, -0.15) is 0 Å². The molecule has 2 unspecified atom stereocenters. The number of carbonyl (C=O) groups excluding carboxylic acids is 1. The van der Waals surface area contributed by atoms with Gasteiger partial charge in [0.15, 0.2) is 0 Å². The van der Waals surface area contributed by atoms with Gasteiger partial charge in [-0.15, -0.1) is 0 Å². The van der Waals surface area contributed by atoms with E-state index in [1.165, 1.54) is 6.20 Å². The molecule has 6 heteroatoms. The lowest BCUT2D eigenvalue weighted by molar-refractivity contribution is -0.141. The molecule has 0 aliphatic heterocycles. The minimum absolute atomic E-state index is 0.102. The summed E-state index contributed by atoms with van der Waals surface area (Å²) in [5.74, 6) is -1.46. The molecule has 2 rings (SSSR count). The van der Waals surface area contributed by atoms with E-state index in [0.717, 1.165) is 0 Å². The second kappa shape index (κ2) is 5.35. The standard InChI is InChI=1S/C12H13ClN2O3/c13-10-9(2-1-5-14-10)11(16)15-8-4-3-7(6-8)12(17)18/h1-2,5,7-8H,3-4,6H2,(H,15,16)(H,17,18). The first kappa shape index (κ1) is 12.8. The highest BCUT2D eigenvalue weighted by atomic mass is 35.5. The van der Waals surface area contributed by atoms with Gasteiger partial charge >= 0.3 is 5.97 Å². The molecular formula is C12H13ClN2O3. The Morgan fingerprint density at radius 3 is 2.83 bits per heavy atom. The zero-order valence-corrected chi connectivity index (χ0v) is 10.4. The van der Waals surface area contributed by atoms with Crippen LogP contribution in [0.15, 0.2) is 18.3 Å². The number of carboxylic acid groups (broad SMARTS) is 1. The highest BCUT2D eigenvalue weighted by Crippen LogP contribution is 2.26. The van der Waals surface area contributed by atoms with Gasteiger partial charge in [0.05, 0.1) is 11.5 Å². The number of carboxylic acids is 1. The van der Waals surface area contributed by atoms with Crippen LogP contribution < -0.4 is 5.32 Å². The molecule has 1 fully saturated rings. The van der Waals surface area contributed by atoms with E-state index in [2.05, 4.69) is 10.3 Å². The van der Waals surface area contributed by atoms with Gasteiger partial charge in [-0.1, -0.05) is 11.6 Å². The Morgan fingerprint density at radius 1 is 1.44 bits per heavy atom. The quantitative estimate of drug-likeness (QED) is 0.818. The minimum Gasteiger partial charge on any atom is -0.481 e. The fraction of sp³-hybridized carbons (Fsp3) is 0.417. The number of nitrogens with zero attached hydrogens (tertiary/aromatic N) is 1. The number of rotatable bonds is 3. The summed E-state index contributed by atoms with van der Waals surface area (Å²) in [4.78, 5) is 26.6. The third-order valence-corrected chi connectivity index (χ3v) is 3.42. The van der Waals surface area contributed by atoms with Crippen molar-refractivity contribution in [1.29, 1.82) is 0 Å². The summed E-state index contributed by atoms with van der Waals surface area (Å²) < 4.78 is 0. The summed E-state index contributed by atoms with van der Waals surface area (Å²) in [6.07, 6.45) is 3.26. The number of hydrogen-bond acceptors (Lipinski definition) is 3. The molecule has 1 heterocycles. The van der Waals surface area contributed by atoms with Gasteiger partial charge in [0.25, 0.3) is 5.91 Å². The maximum Gasteiger partial charge on any atom is 0.306 e. The number of halogens is 1. The Bertz CT molecular complexity index is 478. The Hall–Kier alpha value is -1.62. The number of carbonyl (C=O) groups is 2. The highest BCUT2D eigenvalue weighted by Gasteiger charge is 2.30. The van der Waals surface area contributed by atoms with Crippen molar-refractivity contribution in [1.82, 2.24) is 10.3 Å². The van der Waals surface area contributed by atoms with E-state index < -0.39 is 5.97 Å². The van der Waals surface area contributed by atoms with Gasteiger partial charge < -0.3 is 10.4 Å². The van der Waals surface area contributed by atoms with E-state index in [1.807, 2.05) is 0 Å². The Balaban J connectivity index is 1.97. The Labute approximate surface area is 109 Å². The van der Waals surface area contributed by atoms with Crippen LogP contribution in [-0.2, 0) is 4.79 Å². The van der Waals surface area contributed by atoms with Crippen molar-refractivity contribution in [2.45, 2.75) is 25.3 Å². The normalized spacial score (nSPS) is 22.7. The number of amides is 1. The van der Waals surface area contributed by atoms with Crippen LogP contribution in [0, 0.1) is 5.92 Å². The molecule has 0 spiro atoms. The molecule has 0 bridgehead atoms. The fourth-order valence-electron chi connectivity index (χ4n) is 2.16. The van der Waals surface area contributed by atoms with Gasteiger partial charge in [0, 0.05) is 12.2 Å². The van der Waals surface area contributed by atoms with Crippen LogP contribution >= 0.6 is 11.6 Å². The number of nitrogens with one attached hydrogen (secondary N) is 1. The van der Waals surface area contributed by atoms with Crippen molar-refractivity contribution in [2.75, 3.05) is 0 Å². The lowest BCUT2D eigenvalue weighted by atomic mass is 10.1. The van der Waals surface area contributed by atoms with Crippen LogP contribution in [0.25, 0.3) is 0 Å². The van der Waals surface area contributed by atoms with E-state index >= 15 is 0 Å². The fourth-order valence-corrected chi connectivity index (χ4v) is 2.36. The molecular weight excluding hydrogens is 256 g/mol. The van der Waals surface area contributed by atoms with E-state index in [0.29, 0.717) is 24.8 Å². The van der Waals surface area contributed by atoms with Gasteiger partial charge in [0.1, 0.15) is 5.15 Å². The van der Waals surface area contributed by atoms with Crippen LogP contribution in [0.4, 0.5) is 0 Å². The van der Waals surface area contributed by atoms with Gasteiger partial charge in [-0.3, -0.25) is 9.59 Å². The number of aliphatic carboxylic acids is 1. The molecule has 5 nitrogen and oxygen atoms in total. The molecule has 18 heavy (non-hydrogen) atoms. The SMILES string of the molecule is O=C(NC1CCC(C(=O)O)C1)c1cccnc1Cl. The monoisotopic (exact) mass is 268 g/mol. The maximum absolute atomic E-state index is 11.9. The summed E-state index contributed by atoms with van der Waals surface area (Å²) in [5.41, 5.74) is 0.318. The first-order chi connectivity index (χ1) is 8.58. The minimum atomic E-state index is -0.800. The van der Waals surface area contributed by atoms with Crippen molar-refractivity contribution in [3.05, 3.63) is 29.0 Å². The summed E-state index contributed by atoms with van der Waals surface area (Å²) in [7, 11) is 0. The van der Waals surface area contributed by atoms with E-state index in [-0.39, 0.29) is 23.0 Å². The molecule has 1 aliphatic carbocycles. The summed E-state index contributed by atoms with van der Waals surface area (Å²) in [6, 6.07) is 3.12. The van der Waals surface area contributed by atoms with Crippen molar-refractivity contribution in [3.63, 3.8) is 0 Å². The van der Waals surface area contributed by atoms with Crippen molar-refractivity contribution in [3.8, 4) is 0 Å². The van der Waals surface area contributed by atoms with E-state index in [4.69, 9.17) is 16.7 Å². The largest absolute Gasteiger partial charge is 0.481 e. The molecule has 2 atom stereocenters. The van der Waals surface area contributed by atoms with Crippen LogP contribution in [0.1, 0.15) is 29.6 Å². The zero-order chi connectivity index (χ0) is 13.1. The molecule has 1 aromatic rings. The molecule has 1 saturated carbocycles. The van der Waals surface area contributed by atoms with Crippen LogP contribution in [-0.4, -0.2) is 28.0 Å². The molecule has 1 aromatic heterocycles. The van der Waals surface area contributed by atoms with Gasteiger partial charge in [0.2, 0.25) is 0 Å². The second-order valence-electron chi connectivity index (χ2n) is 4.36. The summed E-state index contributed by atoms with van der Waals surface area (Å²) in [6.45, 7) is 0. The molecule has 0 aromatic carbocycles. The predicted molar refractivity (Wildman–Crippen MR) is 65.5 cm³/mol. The average molecular weight is 269 g/mol. The summed E-state index contributed by atoms with van der Waals surface area (Å²) >= 11 is 5.82. The van der Waals surface area contributed by atoms with Crippen LogP contribution in [0.2, 0.25) is 5.15 Å². The molecule has 96 valence electrons. The molecule has 0 radical (unpaired) electrons. The number of pyridine rings is 1. The lowest BCUT2D eigenvalue weighted by Crippen LogP contribution is -2.33. The first-order valence-electron chi connectivity index (χ1n) is 5.72. The van der Waals surface area contributed by atoms with Crippen molar-refractivity contribution >= 4 is 23.5 Å². The van der Waals surface area contributed by atoms with Crippen LogP contribution in [0.5, 0.6) is 0 Å². The average Bonchev–Trinajstić information content (AvgIpc) is 2.78. The predicted octanol–water partition coefficient (Wildman–Crippen LogP) is 1.72. The third kappa shape index (κ3) is 2.79. The smallest absolute Gasteiger partial charge is 0.306 e. The number of aromatic nitrogens is 1. The van der Waals surface area contributed by atoms with E-state index in [1.54, 1.807) is 12.1 Å². The molecule has 1 aliphatic rings. The second-order valence-corrected chi connectivity index (χ2v) is 4.72. The van der Waals surface area contributed by atoms with Crippen LogP contribution in [0.3, 0.4) is 0 Å². The molecule has 1 amide bonds. The number of hydrogen-bond donors (Lipinski definition) is 2. The topological polar surface area (TPSA) is 79.3 Å². The van der Waals surface area contributed by atoms with Crippen molar-refractivity contribution in [2.24, 2.45) is 5.92 Å². The summed E-state index contributed by atoms with van der Waals surface area (Å²) in [5, 5.41) is 11.8. The zero-order valence-electron chi connectivity index (χ0n) is 9.60. The van der Waals surface area contributed by atoms with Crippen molar-refractivity contribution < 1.29 is 14.7 Å². The van der Waals surface area contributed by atoms with Gasteiger partial charge in [-0.25, -0.2) is 4.98 Å². The van der Waals surface area contributed by atoms with E-state index in [9.17, 15) is 9.59 Å². The first-order valence-corrected chi connectivity index (χ1v) is 6.10. The van der Waals surface area contributed by atoms with Gasteiger partial charge in [-0.05, 0) is 31.4 Å². The molecule has 0 saturated heterocycles. The Morgan fingerprint density at radius 2 is 2.22 bits per heavy atom. The highest BCUT2D eigenvalue weighted by molar-refractivity contribution is 6.32. The Kier molecular flexibility index (Phi) is 3.81. The maximum atomic E-state index is 11.9.